The van der Waals surface area contributed by atoms with Gasteiger partial charge in [0.05, 0.1) is 12.1 Å². The van der Waals surface area contributed by atoms with Gasteiger partial charge in [0.2, 0.25) is 0 Å². The second-order valence-corrected chi connectivity index (χ2v) is 4.74. The molecule has 0 saturated carbocycles. The Balaban J connectivity index is 2.13. The maximum absolute atomic E-state index is 12.0. The van der Waals surface area contributed by atoms with Crippen molar-refractivity contribution in [3.05, 3.63) is 46.8 Å². The number of methoxy groups -OCH3 is 1. The van der Waals surface area contributed by atoms with Crippen molar-refractivity contribution in [3.8, 4) is 5.75 Å². The zero-order chi connectivity index (χ0) is 13.8. The second kappa shape index (κ2) is 5.53. The molecule has 1 heterocycles. The Labute approximate surface area is 113 Å². The van der Waals surface area contributed by atoms with Gasteiger partial charge in [0, 0.05) is 5.56 Å². The first-order chi connectivity index (χ1) is 9.10. The Kier molecular flexibility index (Phi) is 3.82. The molecule has 2 rings (SSSR count). The molecule has 0 unspecified atom stereocenters. The molecule has 1 aromatic heterocycles. The van der Waals surface area contributed by atoms with E-state index >= 15 is 0 Å². The molecule has 0 aliphatic rings. The molecular weight excluding hydrogens is 266 g/mol. The minimum atomic E-state index is -1.01. The number of nitrogens with one attached hydrogen (secondary N) is 1. The van der Waals surface area contributed by atoms with E-state index in [0.29, 0.717) is 16.3 Å². The highest BCUT2D eigenvalue weighted by Crippen LogP contribution is 2.23. The average Bonchev–Trinajstić information content (AvgIpc) is 2.87. The molecule has 19 heavy (non-hydrogen) atoms. The largest absolute Gasteiger partial charge is 0.497 e. The highest BCUT2D eigenvalue weighted by atomic mass is 32.1. The van der Waals surface area contributed by atoms with Crippen LogP contribution >= 0.6 is 11.3 Å². The number of carboxylic acids is 1. The van der Waals surface area contributed by atoms with Gasteiger partial charge in [0.15, 0.2) is 0 Å². The van der Waals surface area contributed by atoms with Gasteiger partial charge in [0.1, 0.15) is 10.6 Å². The highest BCUT2D eigenvalue weighted by Gasteiger charge is 2.11. The number of amides is 1. The smallest absolute Gasteiger partial charge is 0.345 e. The number of carboxylic acid groups (broad SMARTS) is 1. The molecule has 1 aromatic carbocycles. The predicted octanol–water partition coefficient (Wildman–Crippen LogP) is 2.71. The van der Waals surface area contributed by atoms with Crippen molar-refractivity contribution >= 4 is 28.2 Å². The van der Waals surface area contributed by atoms with Crippen LogP contribution in [0, 0.1) is 0 Å². The lowest BCUT2D eigenvalue weighted by atomic mass is 10.2. The summed E-state index contributed by atoms with van der Waals surface area (Å²) in [6, 6.07) is 9.74. The number of carbonyl (C=O) groups excluding carboxylic acids is 1. The SMILES string of the molecule is COc1cccc(C(=O)Nc2ccc(C(=O)O)s2)c1. The molecule has 1 amide bonds. The number of anilines is 1. The summed E-state index contributed by atoms with van der Waals surface area (Å²) in [5.74, 6) is -0.727. The zero-order valence-corrected chi connectivity index (χ0v) is 10.9. The Morgan fingerprint density at radius 1 is 1.26 bits per heavy atom. The van der Waals surface area contributed by atoms with E-state index in [1.54, 1.807) is 30.3 Å². The van der Waals surface area contributed by atoms with Gasteiger partial charge < -0.3 is 15.2 Å². The third kappa shape index (κ3) is 3.11. The molecule has 0 atom stereocenters. The number of carbonyl (C=O) groups is 2. The van der Waals surface area contributed by atoms with Gasteiger partial charge in [-0.05, 0) is 30.3 Å². The van der Waals surface area contributed by atoms with Crippen molar-refractivity contribution in [2.75, 3.05) is 12.4 Å². The van der Waals surface area contributed by atoms with E-state index in [1.165, 1.54) is 13.2 Å². The van der Waals surface area contributed by atoms with Crippen LogP contribution in [0.4, 0.5) is 5.00 Å². The topological polar surface area (TPSA) is 75.6 Å². The van der Waals surface area contributed by atoms with E-state index in [2.05, 4.69) is 5.32 Å². The quantitative estimate of drug-likeness (QED) is 0.901. The molecule has 98 valence electrons. The van der Waals surface area contributed by atoms with Crippen LogP contribution in [0.2, 0.25) is 0 Å². The third-order valence-corrected chi connectivity index (χ3v) is 3.37. The Morgan fingerprint density at radius 3 is 2.68 bits per heavy atom. The van der Waals surface area contributed by atoms with Gasteiger partial charge in [-0.2, -0.15) is 0 Å². The summed E-state index contributed by atoms with van der Waals surface area (Å²) in [4.78, 5) is 22.9. The molecule has 0 fully saturated rings. The Morgan fingerprint density at radius 2 is 2.05 bits per heavy atom. The maximum Gasteiger partial charge on any atom is 0.345 e. The number of rotatable bonds is 4. The number of aromatic carboxylic acids is 1. The number of ether oxygens (including phenoxy) is 1. The molecule has 5 nitrogen and oxygen atoms in total. The summed E-state index contributed by atoms with van der Waals surface area (Å²) in [7, 11) is 1.52. The standard InChI is InChI=1S/C13H11NO4S/c1-18-9-4-2-3-8(7-9)12(15)14-11-6-5-10(19-11)13(16)17/h2-7H,1H3,(H,14,15)(H,16,17). The molecule has 0 spiro atoms. The molecule has 2 aromatic rings. The fourth-order valence-electron chi connectivity index (χ4n) is 1.47. The lowest BCUT2D eigenvalue weighted by molar-refractivity contribution is 0.0702. The predicted molar refractivity (Wildman–Crippen MR) is 72.2 cm³/mol. The summed E-state index contributed by atoms with van der Waals surface area (Å²) < 4.78 is 5.04. The van der Waals surface area contributed by atoms with Gasteiger partial charge in [-0.25, -0.2) is 4.79 Å². The van der Waals surface area contributed by atoms with Gasteiger partial charge in [-0.1, -0.05) is 6.07 Å². The summed E-state index contributed by atoms with van der Waals surface area (Å²) in [6.45, 7) is 0. The van der Waals surface area contributed by atoms with Crippen LogP contribution in [0.5, 0.6) is 5.75 Å². The van der Waals surface area contributed by atoms with E-state index in [9.17, 15) is 9.59 Å². The van der Waals surface area contributed by atoms with E-state index in [-0.39, 0.29) is 10.8 Å². The fraction of sp³-hybridized carbons (Fsp3) is 0.0769. The minimum Gasteiger partial charge on any atom is -0.497 e. The van der Waals surface area contributed by atoms with Gasteiger partial charge in [-0.15, -0.1) is 11.3 Å². The van der Waals surface area contributed by atoms with E-state index in [0.717, 1.165) is 11.3 Å². The number of thiophene rings is 1. The molecule has 2 N–H and O–H groups in total. The molecule has 0 bridgehead atoms. The molecular formula is C13H11NO4S. The molecule has 6 heteroatoms. The summed E-state index contributed by atoms with van der Waals surface area (Å²) in [5.41, 5.74) is 0.449. The normalized spacial score (nSPS) is 9.95. The average molecular weight is 277 g/mol. The van der Waals surface area contributed by atoms with Gasteiger partial charge in [0.25, 0.3) is 5.91 Å². The van der Waals surface area contributed by atoms with E-state index in [1.807, 2.05) is 0 Å². The van der Waals surface area contributed by atoms with Crippen LogP contribution in [0.25, 0.3) is 0 Å². The van der Waals surface area contributed by atoms with Gasteiger partial charge >= 0.3 is 5.97 Å². The first-order valence-electron chi connectivity index (χ1n) is 5.38. The van der Waals surface area contributed by atoms with Crippen molar-refractivity contribution in [3.63, 3.8) is 0 Å². The summed E-state index contributed by atoms with van der Waals surface area (Å²) in [5, 5.41) is 11.9. The van der Waals surface area contributed by atoms with Crippen LogP contribution in [-0.4, -0.2) is 24.1 Å². The van der Waals surface area contributed by atoms with Gasteiger partial charge in [-0.3, -0.25) is 4.79 Å². The van der Waals surface area contributed by atoms with Crippen molar-refractivity contribution in [1.29, 1.82) is 0 Å². The lowest BCUT2D eigenvalue weighted by Gasteiger charge is -2.04. The van der Waals surface area contributed by atoms with Crippen molar-refractivity contribution < 1.29 is 19.4 Å². The van der Waals surface area contributed by atoms with Crippen molar-refractivity contribution in [2.45, 2.75) is 0 Å². The fourth-order valence-corrected chi connectivity index (χ4v) is 2.21. The number of hydrogen-bond acceptors (Lipinski definition) is 4. The van der Waals surface area contributed by atoms with E-state index in [4.69, 9.17) is 9.84 Å². The summed E-state index contributed by atoms with van der Waals surface area (Å²) in [6.07, 6.45) is 0. The first kappa shape index (κ1) is 13.1. The molecule has 0 radical (unpaired) electrons. The molecule has 0 aliphatic heterocycles. The second-order valence-electron chi connectivity index (χ2n) is 3.66. The lowest BCUT2D eigenvalue weighted by Crippen LogP contribution is -2.10. The number of benzene rings is 1. The van der Waals surface area contributed by atoms with Crippen molar-refractivity contribution in [2.24, 2.45) is 0 Å². The van der Waals surface area contributed by atoms with Crippen molar-refractivity contribution in [1.82, 2.24) is 0 Å². The Bertz CT molecular complexity index is 621. The molecule has 0 saturated heterocycles. The monoisotopic (exact) mass is 277 g/mol. The van der Waals surface area contributed by atoms with E-state index < -0.39 is 5.97 Å². The zero-order valence-electron chi connectivity index (χ0n) is 10.0. The third-order valence-electron chi connectivity index (χ3n) is 2.39. The molecule has 0 aliphatic carbocycles. The minimum absolute atomic E-state index is 0.181. The van der Waals surface area contributed by atoms with Crippen LogP contribution in [0.1, 0.15) is 20.0 Å². The van der Waals surface area contributed by atoms with Crippen LogP contribution in [0.3, 0.4) is 0 Å². The van der Waals surface area contributed by atoms with Crippen LogP contribution < -0.4 is 10.1 Å². The van der Waals surface area contributed by atoms with Crippen LogP contribution in [-0.2, 0) is 0 Å². The Hall–Kier alpha value is -2.34. The summed E-state index contributed by atoms with van der Waals surface area (Å²) >= 11 is 1.01. The first-order valence-corrected chi connectivity index (χ1v) is 6.20. The highest BCUT2D eigenvalue weighted by molar-refractivity contribution is 7.18. The van der Waals surface area contributed by atoms with Crippen LogP contribution in [0.15, 0.2) is 36.4 Å². The maximum atomic E-state index is 12.0. The number of hydrogen-bond donors (Lipinski definition) is 2.